The first-order valence-electron chi connectivity index (χ1n) is 12.3. The van der Waals surface area contributed by atoms with Gasteiger partial charge in [-0.2, -0.15) is 0 Å². The van der Waals surface area contributed by atoms with Gasteiger partial charge in [-0.15, -0.1) is 0 Å². The topological polar surface area (TPSA) is 65.1 Å². The van der Waals surface area contributed by atoms with Crippen molar-refractivity contribution in [3.63, 3.8) is 0 Å². The molecule has 7 nitrogen and oxygen atoms in total. The van der Waals surface area contributed by atoms with E-state index in [-0.39, 0.29) is 17.9 Å². The number of carbonyl (C=O) groups is 2. The number of nitrogens with zero attached hydrogens (tertiary/aromatic N) is 3. The fraction of sp³-hybridized carbons (Fsp3) is 0.481. The highest BCUT2D eigenvalue weighted by Crippen LogP contribution is 2.17. The van der Waals surface area contributed by atoms with E-state index in [9.17, 15) is 9.59 Å². The third-order valence-electron chi connectivity index (χ3n) is 6.68. The van der Waals surface area contributed by atoms with Crippen molar-refractivity contribution in [1.82, 2.24) is 20.0 Å². The lowest BCUT2D eigenvalue weighted by atomic mass is 10.1. The van der Waals surface area contributed by atoms with E-state index in [1.807, 2.05) is 64.4 Å². The molecule has 2 aliphatic rings. The van der Waals surface area contributed by atoms with Crippen molar-refractivity contribution in [1.29, 1.82) is 0 Å². The minimum atomic E-state index is -0.156. The molecule has 0 unspecified atom stereocenters. The van der Waals surface area contributed by atoms with E-state index in [1.54, 1.807) is 0 Å². The van der Waals surface area contributed by atoms with Crippen LogP contribution in [0.3, 0.4) is 0 Å². The second-order valence-electron chi connectivity index (χ2n) is 9.40. The summed E-state index contributed by atoms with van der Waals surface area (Å²) in [5.74, 6) is 1.01. The second-order valence-corrected chi connectivity index (χ2v) is 9.40. The molecule has 34 heavy (non-hydrogen) atoms. The number of benzene rings is 2. The highest BCUT2D eigenvalue weighted by molar-refractivity contribution is 5.83. The Hall–Kier alpha value is -2.90. The van der Waals surface area contributed by atoms with E-state index < -0.39 is 0 Å². The van der Waals surface area contributed by atoms with Gasteiger partial charge in [-0.1, -0.05) is 42.5 Å². The minimum Gasteiger partial charge on any atom is -0.489 e. The molecule has 2 aromatic rings. The summed E-state index contributed by atoms with van der Waals surface area (Å²) in [6.07, 6.45) is 0.337. The molecular formula is C27H36N4O3. The lowest BCUT2D eigenvalue weighted by molar-refractivity contribution is -0.141. The van der Waals surface area contributed by atoms with Crippen LogP contribution in [-0.2, 0) is 22.6 Å². The Kier molecular flexibility index (Phi) is 8.19. The summed E-state index contributed by atoms with van der Waals surface area (Å²) >= 11 is 0. The molecule has 182 valence electrons. The SMILES string of the molecule is CC(C)N1CCN[C@@H](C(=O)N2CCN(C(=O)Cc3cccc(OCc4ccccc4)c3)CC2)C1. The monoisotopic (exact) mass is 464 g/mol. The molecule has 0 bridgehead atoms. The zero-order valence-electron chi connectivity index (χ0n) is 20.3. The van der Waals surface area contributed by atoms with Gasteiger partial charge in [-0.3, -0.25) is 14.5 Å². The van der Waals surface area contributed by atoms with E-state index in [0.717, 1.165) is 36.5 Å². The standard InChI is InChI=1S/C27H36N4O3/c1-21(2)31-12-11-28-25(19-31)27(33)30-15-13-29(14-16-30)26(32)18-23-9-6-10-24(17-23)34-20-22-7-4-3-5-8-22/h3-10,17,21,25,28H,11-16,18-20H2,1-2H3/t25-/m1/s1. The van der Waals surface area contributed by atoms with E-state index in [4.69, 9.17) is 4.74 Å². The van der Waals surface area contributed by atoms with Crippen LogP contribution in [0.5, 0.6) is 5.75 Å². The molecule has 0 spiro atoms. The smallest absolute Gasteiger partial charge is 0.241 e. The fourth-order valence-electron chi connectivity index (χ4n) is 4.58. The number of hydrogen-bond acceptors (Lipinski definition) is 5. The van der Waals surface area contributed by atoms with Crippen LogP contribution >= 0.6 is 0 Å². The molecular weight excluding hydrogens is 428 g/mol. The van der Waals surface area contributed by atoms with Gasteiger partial charge in [0.1, 0.15) is 12.4 Å². The van der Waals surface area contributed by atoms with Crippen molar-refractivity contribution in [3.05, 3.63) is 65.7 Å². The summed E-state index contributed by atoms with van der Waals surface area (Å²) in [4.78, 5) is 32.0. The number of hydrogen-bond donors (Lipinski definition) is 1. The van der Waals surface area contributed by atoms with Crippen molar-refractivity contribution < 1.29 is 14.3 Å². The average Bonchev–Trinajstić information content (AvgIpc) is 2.88. The predicted octanol–water partition coefficient (Wildman–Crippen LogP) is 2.16. The van der Waals surface area contributed by atoms with Crippen LogP contribution in [0, 0.1) is 0 Å². The Morgan fingerprint density at radius 1 is 0.941 bits per heavy atom. The number of nitrogens with one attached hydrogen (secondary N) is 1. The van der Waals surface area contributed by atoms with Gasteiger partial charge in [0.05, 0.1) is 12.5 Å². The number of amides is 2. The molecule has 2 amide bonds. The number of carbonyl (C=O) groups excluding carboxylic acids is 2. The second kappa shape index (κ2) is 11.5. The molecule has 4 rings (SSSR count). The van der Waals surface area contributed by atoms with Gasteiger partial charge in [0.2, 0.25) is 11.8 Å². The zero-order chi connectivity index (χ0) is 23.9. The predicted molar refractivity (Wildman–Crippen MR) is 133 cm³/mol. The first kappa shape index (κ1) is 24.2. The van der Waals surface area contributed by atoms with Crippen molar-refractivity contribution in [2.75, 3.05) is 45.8 Å². The molecule has 0 radical (unpaired) electrons. The summed E-state index contributed by atoms with van der Waals surface area (Å²) in [6.45, 7) is 9.73. The van der Waals surface area contributed by atoms with E-state index in [1.165, 1.54) is 0 Å². The molecule has 0 saturated carbocycles. The van der Waals surface area contributed by atoms with Crippen LogP contribution < -0.4 is 10.1 Å². The first-order chi connectivity index (χ1) is 16.5. The van der Waals surface area contributed by atoms with Gasteiger partial charge < -0.3 is 19.9 Å². The molecule has 2 saturated heterocycles. The molecule has 7 heteroatoms. The Labute approximate surface area is 202 Å². The Balaban J connectivity index is 1.25. The van der Waals surface area contributed by atoms with Crippen molar-refractivity contribution >= 4 is 11.8 Å². The maximum atomic E-state index is 13.0. The van der Waals surface area contributed by atoms with Gasteiger partial charge in [0, 0.05) is 51.9 Å². The van der Waals surface area contributed by atoms with Crippen LogP contribution in [0.4, 0.5) is 0 Å². The maximum Gasteiger partial charge on any atom is 0.241 e. The van der Waals surface area contributed by atoms with Gasteiger partial charge >= 0.3 is 0 Å². The highest BCUT2D eigenvalue weighted by Gasteiger charge is 2.32. The average molecular weight is 465 g/mol. The lowest BCUT2D eigenvalue weighted by Gasteiger charge is -2.40. The molecule has 2 heterocycles. The van der Waals surface area contributed by atoms with E-state index in [0.29, 0.717) is 45.2 Å². The van der Waals surface area contributed by atoms with Gasteiger partial charge in [-0.25, -0.2) is 0 Å². The fourth-order valence-corrected chi connectivity index (χ4v) is 4.58. The Bertz CT molecular complexity index is 957. The third-order valence-corrected chi connectivity index (χ3v) is 6.68. The summed E-state index contributed by atoms with van der Waals surface area (Å²) in [5.41, 5.74) is 2.05. The zero-order valence-corrected chi connectivity index (χ0v) is 20.3. The normalized spacial score (nSPS) is 19.3. The van der Waals surface area contributed by atoms with E-state index in [2.05, 4.69) is 24.1 Å². The van der Waals surface area contributed by atoms with Gasteiger partial charge in [0.15, 0.2) is 0 Å². The molecule has 0 aliphatic carbocycles. The third kappa shape index (κ3) is 6.36. The summed E-state index contributed by atoms with van der Waals surface area (Å²) in [6, 6.07) is 18.1. The Morgan fingerprint density at radius 2 is 1.65 bits per heavy atom. The van der Waals surface area contributed by atoms with Crippen LogP contribution in [0.1, 0.15) is 25.0 Å². The summed E-state index contributed by atoms with van der Waals surface area (Å²) in [7, 11) is 0. The van der Waals surface area contributed by atoms with Crippen molar-refractivity contribution in [2.45, 2.75) is 39.0 Å². The molecule has 2 fully saturated rings. The molecule has 2 aliphatic heterocycles. The quantitative estimate of drug-likeness (QED) is 0.680. The molecule has 2 aromatic carbocycles. The largest absolute Gasteiger partial charge is 0.489 e. The van der Waals surface area contributed by atoms with Crippen LogP contribution in [-0.4, -0.2) is 84.4 Å². The number of ether oxygens (including phenoxy) is 1. The highest BCUT2D eigenvalue weighted by atomic mass is 16.5. The molecule has 1 N–H and O–H groups in total. The van der Waals surface area contributed by atoms with Crippen LogP contribution in [0.15, 0.2) is 54.6 Å². The first-order valence-corrected chi connectivity index (χ1v) is 12.3. The van der Waals surface area contributed by atoms with Crippen molar-refractivity contribution in [2.24, 2.45) is 0 Å². The Morgan fingerprint density at radius 3 is 2.38 bits per heavy atom. The maximum absolute atomic E-state index is 13.0. The number of piperazine rings is 2. The minimum absolute atomic E-state index is 0.0917. The lowest BCUT2D eigenvalue weighted by Crippen LogP contribution is -2.61. The molecule has 1 atom stereocenters. The summed E-state index contributed by atoms with van der Waals surface area (Å²) in [5, 5.41) is 3.37. The van der Waals surface area contributed by atoms with Crippen LogP contribution in [0.2, 0.25) is 0 Å². The number of rotatable bonds is 7. The van der Waals surface area contributed by atoms with E-state index >= 15 is 0 Å². The van der Waals surface area contributed by atoms with Gasteiger partial charge in [0.25, 0.3) is 0 Å². The molecule has 0 aromatic heterocycles. The van der Waals surface area contributed by atoms with Crippen molar-refractivity contribution in [3.8, 4) is 5.75 Å². The summed E-state index contributed by atoms with van der Waals surface area (Å²) < 4.78 is 5.90. The van der Waals surface area contributed by atoms with Gasteiger partial charge in [-0.05, 0) is 37.1 Å². The van der Waals surface area contributed by atoms with Crippen LogP contribution in [0.25, 0.3) is 0 Å².